The number of nitrogens with one attached hydrogen (secondary N) is 1. The molecule has 126 valence electrons. The minimum atomic E-state index is -0.648. The predicted octanol–water partition coefficient (Wildman–Crippen LogP) is 4.64. The third-order valence-electron chi connectivity index (χ3n) is 3.47. The second-order valence-electron chi connectivity index (χ2n) is 6.42. The Kier molecular flexibility index (Phi) is 5.18. The van der Waals surface area contributed by atoms with Crippen molar-refractivity contribution >= 4 is 17.5 Å². The van der Waals surface area contributed by atoms with E-state index in [9.17, 15) is 14.9 Å². The Balaban J connectivity index is 2.15. The number of rotatable bonds is 4. The molecule has 0 aliphatic rings. The molecule has 0 atom stereocenters. The van der Waals surface area contributed by atoms with Gasteiger partial charge in [0.2, 0.25) is 0 Å². The van der Waals surface area contributed by atoms with Crippen molar-refractivity contribution in [3.8, 4) is 0 Å². The Morgan fingerprint density at radius 2 is 1.83 bits per heavy atom. The first-order valence-corrected chi connectivity index (χ1v) is 7.54. The fourth-order valence-corrected chi connectivity index (χ4v) is 2.27. The van der Waals surface area contributed by atoms with Gasteiger partial charge >= 0.3 is 6.09 Å². The molecule has 0 radical (unpaired) electrons. The molecule has 6 heteroatoms. The summed E-state index contributed by atoms with van der Waals surface area (Å²) in [5.41, 5.74) is 1.68. The molecule has 1 amide bonds. The van der Waals surface area contributed by atoms with E-state index in [0.29, 0.717) is 5.69 Å². The Morgan fingerprint density at radius 1 is 1.17 bits per heavy atom. The van der Waals surface area contributed by atoms with Gasteiger partial charge in [0.25, 0.3) is 5.69 Å². The SMILES string of the molecule is CC(C)(C)c1ccc([N+](=O)[O-])cc1NC(=O)OCc1ccccc1. The molecule has 2 aromatic rings. The highest BCUT2D eigenvalue weighted by atomic mass is 16.6. The Bertz CT molecular complexity index is 736. The largest absolute Gasteiger partial charge is 0.444 e. The third kappa shape index (κ3) is 4.55. The summed E-state index contributed by atoms with van der Waals surface area (Å²) in [7, 11) is 0. The van der Waals surface area contributed by atoms with Gasteiger partial charge in [-0.1, -0.05) is 51.1 Å². The van der Waals surface area contributed by atoms with Gasteiger partial charge < -0.3 is 4.74 Å². The van der Waals surface area contributed by atoms with Gasteiger partial charge in [0.05, 0.1) is 10.6 Å². The molecule has 0 heterocycles. The van der Waals surface area contributed by atoms with Gasteiger partial charge in [-0.05, 0) is 22.6 Å². The van der Waals surface area contributed by atoms with Crippen LogP contribution in [-0.2, 0) is 16.8 Å². The molecule has 0 fully saturated rings. The summed E-state index contributed by atoms with van der Waals surface area (Å²) in [6.07, 6.45) is -0.648. The van der Waals surface area contributed by atoms with Crippen LogP contribution in [0.25, 0.3) is 0 Å². The van der Waals surface area contributed by atoms with Crippen LogP contribution in [0.15, 0.2) is 48.5 Å². The lowest BCUT2D eigenvalue weighted by Gasteiger charge is -2.22. The number of ether oxygens (including phenoxy) is 1. The molecule has 1 N–H and O–H groups in total. The van der Waals surface area contributed by atoms with Crippen molar-refractivity contribution in [2.45, 2.75) is 32.8 Å². The maximum absolute atomic E-state index is 12.0. The number of nitrogens with zero attached hydrogens (tertiary/aromatic N) is 1. The second kappa shape index (κ2) is 7.12. The van der Waals surface area contributed by atoms with Crippen molar-refractivity contribution in [1.82, 2.24) is 0 Å². The first-order valence-electron chi connectivity index (χ1n) is 7.54. The number of anilines is 1. The molecule has 0 aliphatic heterocycles. The fraction of sp³-hybridized carbons (Fsp3) is 0.278. The monoisotopic (exact) mass is 328 g/mol. The lowest BCUT2D eigenvalue weighted by molar-refractivity contribution is -0.384. The Labute approximate surface area is 140 Å². The lowest BCUT2D eigenvalue weighted by Crippen LogP contribution is -2.19. The molecular formula is C18H20N2O4. The second-order valence-corrected chi connectivity index (χ2v) is 6.42. The van der Waals surface area contributed by atoms with Gasteiger partial charge in [-0.25, -0.2) is 4.79 Å². The number of benzene rings is 2. The highest BCUT2D eigenvalue weighted by Gasteiger charge is 2.22. The van der Waals surface area contributed by atoms with E-state index in [2.05, 4.69) is 5.32 Å². The van der Waals surface area contributed by atoms with Crippen LogP contribution < -0.4 is 5.32 Å². The predicted molar refractivity (Wildman–Crippen MR) is 92.0 cm³/mol. The molecule has 0 saturated carbocycles. The summed E-state index contributed by atoms with van der Waals surface area (Å²) < 4.78 is 5.18. The summed E-state index contributed by atoms with van der Waals surface area (Å²) in [5, 5.41) is 13.6. The van der Waals surface area contributed by atoms with Crippen LogP contribution in [0, 0.1) is 10.1 Å². The van der Waals surface area contributed by atoms with E-state index in [4.69, 9.17) is 4.74 Å². The molecule has 0 aromatic heterocycles. The highest BCUT2D eigenvalue weighted by molar-refractivity contribution is 5.86. The van der Waals surface area contributed by atoms with E-state index in [1.54, 1.807) is 6.07 Å². The molecule has 6 nitrogen and oxygen atoms in total. The molecule has 2 rings (SSSR count). The molecule has 0 unspecified atom stereocenters. The number of nitro groups is 1. The van der Waals surface area contributed by atoms with Crippen LogP contribution in [0.5, 0.6) is 0 Å². The molecule has 24 heavy (non-hydrogen) atoms. The molecule has 0 spiro atoms. The standard InChI is InChI=1S/C18H20N2O4/c1-18(2,3)15-10-9-14(20(22)23)11-16(15)19-17(21)24-12-13-7-5-4-6-8-13/h4-11H,12H2,1-3H3,(H,19,21). The van der Waals surface area contributed by atoms with Gasteiger partial charge in [0.1, 0.15) is 6.61 Å². The topological polar surface area (TPSA) is 81.5 Å². The van der Waals surface area contributed by atoms with Crippen LogP contribution in [-0.4, -0.2) is 11.0 Å². The van der Waals surface area contributed by atoms with Crippen molar-refractivity contribution in [3.63, 3.8) is 0 Å². The third-order valence-corrected chi connectivity index (χ3v) is 3.47. The van der Waals surface area contributed by atoms with Crippen LogP contribution in [0.2, 0.25) is 0 Å². The van der Waals surface area contributed by atoms with Crippen molar-refractivity contribution < 1.29 is 14.5 Å². The summed E-state index contributed by atoms with van der Waals surface area (Å²) in [5.74, 6) is 0. The van der Waals surface area contributed by atoms with E-state index >= 15 is 0 Å². The maximum atomic E-state index is 12.0. The number of hydrogen-bond donors (Lipinski definition) is 1. The summed E-state index contributed by atoms with van der Waals surface area (Å²) in [6, 6.07) is 13.7. The summed E-state index contributed by atoms with van der Waals surface area (Å²) >= 11 is 0. The van der Waals surface area contributed by atoms with E-state index in [1.165, 1.54) is 12.1 Å². The van der Waals surface area contributed by atoms with E-state index < -0.39 is 11.0 Å². The van der Waals surface area contributed by atoms with Gasteiger partial charge in [-0.3, -0.25) is 15.4 Å². The number of amides is 1. The number of carbonyl (C=O) groups is 1. The molecule has 0 aliphatic carbocycles. The van der Waals surface area contributed by atoms with Gasteiger partial charge in [-0.15, -0.1) is 0 Å². The average molecular weight is 328 g/mol. The first-order chi connectivity index (χ1) is 11.3. The number of hydrogen-bond acceptors (Lipinski definition) is 4. The number of non-ortho nitro benzene ring substituents is 1. The van der Waals surface area contributed by atoms with Gasteiger partial charge in [-0.2, -0.15) is 0 Å². The first kappa shape index (κ1) is 17.5. The lowest BCUT2D eigenvalue weighted by atomic mass is 9.85. The van der Waals surface area contributed by atoms with Crippen molar-refractivity contribution in [2.75, 3.05) is 5.32 Å². The zero-order valence-electron chi connectivity index (χ0n) is 13.9. The fourth-order valence-electron chi connectivity index (χ4n) is 2.27. The molecular weight excluding hydrogens is 308 g/mol. The van der Waals surface area contributed by atoms with Crippen LogP contribution >= 0.6 is 0 Å². The quantitative estimate of drug-likeness (QED) is 0.654. The minimum Gasteiger partial charge on any atom is -0.444 e. The number of carbonyl (C=O) groups excluding carboxylic acids is 1. The smallest absolute Gasteiger partial charge is 0.411 e. The highest BCUT2D eigenvalue weighted by Crippen LogP contribution is 2.32. The van der Waals surface area contributed by atoms with Crippen molar-refractivity contribution in [1.29, 1.82) is 0 Å². The van der Waals surface area contributed by atoms with E-state index in [-0.39, 0.29) is 17.7 Å². The van der Waals surface area contributed by atoms with E-state index in [0.717, 1.165) is 11.1 Å². The van der Waals surface area contributed by atoms with Gasteiger partial charge in [0.15, 0.2) is 0 Å². The Morgan fingerprint density at radius 3 is 2.42 bits per heavy atom. The zero-order chi connectivity index (χ0) is 17.7. The Hall–Kier alpha value is -2.89. The van der Waals surface area contributed by atoms with E-state index in [1.807, 2.05) is 51.1 Å². The summed E-state index contributed by atoms with van der Waals surface area (Å²) in [6.45, 7) is 6.03. The normalized spacial score (nSPS) is 11.0. The zero-order valence-corrected chi connectivity index (χ0v) is 13.9. The van der Waals surface area contributed by atoms with Crippen molar-refractivity contribution in [3.05, 3.63) is 69.8 Å². The maximum Gasteiger partial charge on any atom is 0.411 e. The molecule has 0 saturated heterocycles. The molecule has 0 bridgehead atoms. The minimum absolute atomic E-state index is 0.0821. The molecule has 2 aromatic carbocycles. The number of nitro benzene ring substituents is 1. The van der Waals surface area contributed by atoms with Gasteiger partial charge in [0, 0.05) is 12.1 Å². The van der Waals surface area contributed by atoms with Crippen LogP contribution in [0.1, 0.15) is 31.9 Å². The average Bonchev–Trinajstić information content (AvgIpc) is 2.52. The summed E-state index contributed by atoms with van der Waals surface area (Å²) in [4.78, 5) is 22.5. The van der Waals surface area contributed by atoms with Crippen molar-refractivity contribution in [2.24, 2.45) is 0 Å². The van der Waals surface area contributed by atoms with Crippen LogP contribution in [0.4, 0.5) is 16.2 Å². The van der Waals surface area contributed by atoms with Crippen LogP contribution in [0.3, 0.4) is 0 Å².